The van der Waals surface area contributed by atoms with Crippen LogP contribution in [0.15, 0.2) is 58.6 Å². The van der Waals surface area contributed by atoms with Crippen LogP contribution in [0.1, 0.15) is 47.5 Å². The molecule has 1 aliphatic heterocycles. The first-order valence-electron chi connectivity index (χ1n) is 11.1. The summed E-state index contributed by atoms with van der Waals surface area (Å²) in [5.74, 6) is 0.289. The van der Waals surface area contributed by atoms with Crippen molar-refractivity contribution in [1.82, 2.24) is 14.9 Å². The number of carbonyl (C=O) groups is 2. The molecule has 2 amide bonds. The quantitative estimate of drug-likeness (QED) is 0.220. The second-order valence-corrected chi connectivity index (χ2v) is 7.39. The van der Waals surface area contributed by atoms with Crippen LogP contribution in [-0.4, -0.2) is 54.4 Å². The van der Waals surface area contributed by atoms with Crippen molar-refractivity contribution in [1.29, 1.82) is 0 Å². The minimum atomic E-state index is -0.235. The molecule has 1 unspecified atom stereocenters. The third-order valence-electron chi connectivity index (χ3n) is 4.57. The zero-order valence-corrected chi connectivity index (χ0v) is 21.0. The molecule has 8 heteroatoms. The van der Waals surface area contributed by atoms with Crippen LogP contribution in [0, 0.1) is 5.92 Å². The summed E-state index contributed by atoms with van der Waals surface area (Å²) in [6.45, 7) is 18.9. The van der Waals surface area contributed by atoms with E-state index < -0.39 is 0 Å². The van der Waals surface area contributed by atoms with Crippen LogP contribution >= 0.6 is 11.9 Å². The normalized spacial score (nSPS) is 17.3. The van der Waals surface area contributed by atoms with Crippen LogP contribution in [0.4, 0.5) is 0 Å². The summed E-state index contributed by atoms with van der Waals surface area (Å²) in [5, 5.41) is 4.88. The third-order valence-corrected chi connectivity index (χ3v) is 5.29. The summed E-state index contributed by atoms with van der Waals surface area (Å²) in [4.78, 5) is 35.3. The molecular weight excluding hydrogens is 422 g/mol. The van der Waals surface area contributed by atoms with Crippen molar-refractivity contribution in [3.8, 4) is 0 Å². The Bertz CT molecular complexity index is 741. The largest absolute Gasteiger partial charge is 0.354 e. The molecule has 1 atom stereocenters. The molecule has 1 fully saturated rings. The number of carbonyl (C=O) groups excluding carboxylic acids is 2. The number of hydrogen-bond acceptors (Lipinski definition) is 5. The molecule has 2 N–H and O–H groups in total. The molecule has 7 nitrogen and oxygen atoms in total. The molecule has 32 heavy (non-hydrogen) atoms. The maximum Gasteiger partial charge on any atom is 0.272 e. The highest BCUT2D eigenvalue weighted by Gasteiger charge is 2.29. The van der Waals surface area contributed by atoms with Crippen LogP contribution in [0.5, 0.6) is 0 Å². The van der Waals surface area contributed by atoms with E-state index in [0.717, 1.165) is 24.3 Å². The van der Waals surface area contributed by atoms with E-state index in [9.17, 15) is 9.59 Å². The summed E-state index contributed by atoms with van der Waals surface area (Å²) in [7, 11) is 0. The Labute approximate surface area is 198 Å². The minimum Gasteiger partial charge on any atom is -0.354 e. The van der Waals surface area contributed by atoms with E-state index in [1.165, 1.54) is 24.2 Å². The third kappa shape index (κ3) is 10.6. The zero-order valence-electron chi connectivity index (χ0n) is 20.2. The van der Waals surface area contributed by atoms with Crippen molar-refractivity contribution in [3.63, 3.8) is 0 Å². The van der Waals surface area contributed by atoms with Crippen molar-refractivity contribution in [2.75, 3.05) is 26.2 Å². The van der Waals surface area contributed by atoms with Gasteiger partial charge in [-0.05, 0) is 62.6 Å². The fourth-order valence-corrected chi connectivity index (χ4v) is 3.40. The van der Waals surface area contributed by atoms with Gasteiger partial charge in [0, 0.05) is 25.8 Å². The second-order valence-electron chi connectivity index (χ2n) is 6.67. The topological polar surface area (TPSA) is 86.2 Å². The molecule has 1 rings (SSSR count). The molecule has 178 valence electrons. The highest BCUT2D eigenvalue weighted by atomic mass is 32.2. The Hall–Kier alpha value is -2.61. The number of likely N-dealkylation sites (tertiary alicyclic amines) is 1. The standard InChI is InChI=1S/C22H33N5O2S.C2H6/c1-6-15-30-26-20(17(5)7-2)24-12-13-25-21(28)18-11-10-14-27(16-18)22(29)19(8-3)23-9-4;1-2/h6-9,15,18H,3-4,10-14,16H2,1-2,5H3,(H,24,26)(H,25,28);1-2H3/b15-6+,17-7+,23-19?;. The average molecular weight is 462 g/mol. The predicted molar refractivity (Wildman–Crippen MR) is 139 cm³/mol. The number of nitrogens with one attached hydrogen (secondary N) is 2. The number of aliphatic imine (C=N–C) groups is 2. The molecule has 1 aliphatic rings. The lowest BCUT2D eigenvalue weighted by molar-refractivity contribution is -0.131. The van der Waals surface area contributed by atoms with Crippen LogP contribution < -0.4 is 10.0 Å². The molecule has 0 bridgehead atoms. The van der Waals surface area contributed by atoms with Gasteiger partial charge in [-0.1, -0.05) is 39.2 Å². The maximum atomic E-state index is 12.6. The Morgan fingerprint density at radius 2 is 1.97 bits per heavy atom. The molecule has 1 heterocycles. The molecule has 0 aromatic rings. The fourth-order valence-electron chi connectivity index (χ4n) is 2.85. The van der Waals surface area contributed by atoms with Crippen molar-refractivity contribution in [2.24, 2.45) is 15.9 Å². The summed E-state index contributed by atoms with van der Waals surface area (Å²) >= 11 is 1.45. The van der Waals surface area contributed by atoms with E-state index in [2.05, 4.69) is 33.2 Å². The highest BCUT2D eigenvalue weighted by Crippen LogP contribution is 2.17. The Kier molecular flexibility index (Phi) is 16.5. The first-order valence-corrected chi connectivity index (χ1v) is 11.9. The summed E-state index contributed by atoms with van der Waals surface area (Å²) in [5.41, 5.74) is 1.29. The van der Waals surface area contributed by atoms with E-state index in [1.54, 1.807) is 4.90 Å². The van der Waals surface area contributed by atoms with Gasteiger partial charge in [0.05, 0.1) is 12.5 Å². The molecular formula is C24H39N5O2S. The molecule has 1 saturated heterocycles. The molecule has 0 saturated carbocycles. The van der Waals surface area contributed by atoms with Gasteiger partial charge >= 0.3 is 0 Å². The highest BCUT2D eigenvalue weighted by molar-refractivity contribution is 8.00. The van der Waals surface area contributed by atoms with Gasteiger partial charge in [0.1, 0.15) is 11.5 Å². The Morgan fingerprint density at radius 1 is 1.25 bits per heavy atom. The van der Waals surface area contributed by atoms with Gasteiger partial charge in [-0.25, -0.2) is 0 Å². The maximum absolute atomic E-state index is 12.6. The fraction of sp³-hybridized carbons (Fsp3) is 0.500. The summed E-state index contributed by atoms with van der Waals surface area (Å²) < 4.78 is 3.20. The molecule has 0 spiro atoms. The number of nitrogens with zero attached hydrogens (tertiary/aromatic N) is 3. The average Bonchev–Trinajstić information content (AvgIpc) is 2.84. The number of allylic oxidation sites excluding steroid dienone is 2. The minimum absolute atomic E-state index is 0.0518. The predicted octanol–water partition coefficient (Wildman–Crippen LogP) is 4.27. The molecule has 0 aromatic carbocycles. The summed E-state index contributed by atoms with van der Waals surface area (Å²) in [6.07, 6.45) is 8.20. The van der Waals surface area contributed by atoms with Crippen molar-refractivity contribution >= 4 is 35.3 Å². The van der Waals surface area contributed by atoms with Gasteiger partial charge < -0.3 is 14.9 Å². The van der Waals surface area contributed by atoms with E-state index in [0.29, 0.717) is 26.2 Å². The molecule has 0 aromatic heterocycles. The van der Waals surface area contributed by atoms with Crippen LogP contribution in [0.3, 0.4) is 0 Å². The number of amidine groups is 1. The van der Waals surface area contributed by atoms with Crippen LogP contribution in [-0.2, 0) is 9.59 Å². The zero-order chi connectivity index (χ0) is 24.4. The molecule has 0 aliphatic carbocycles. The summed E-state index contributed by atoms with van der Waals surface area (Å²) in [6, 6.07) is 0. The SMILES string of the molecule is C=CN=C(C=C)C(=O)N1CCCC(C(=O)NCCN=C(NS/C=C/C)/C(C)=C/C)C1.CC. The number of rotatable bonds is 10. The molecule has 0 radical (unpaired) electrons. The lowest BCUT2D eigenvalue weighted by atomic mass is 9.96. The van der Waals surface area contributed by atoms with E-state index >= 15 is 0 Å². The van der Waals surface area contributed by atoms with Gasteiger partial charge in [-0.15, -0.1) is 0 Å². The monoisotopic (exact) mass is 461 g/mol. The number of hydrogen-bond donors (Lipinski definition) is 2. The smallest absolute Gasteiger partial charge is 0.272 e. The van der Waals surface area contributed by atoms with Crippen LogP contribution in [0.25, 0.3) is 0 Å². The van der Waals surface area contributed by atoms with Crippen molar-refractivity contribution in [2.45, 2.75) is 47.5 Å². The van der Waals surface area contributed by atoms with Gasteiger partial charge in [-0.2, -0.15) is 0 Å². The van der Waals surface area contributed by atoms with Gasteiger partial charge in [0.2, 0.25) is 5.91 Å². The van der Waals surface area contributed by atoms with Gasteiger partial charge in [0.25, 0.3) is 5.91 Å². The van der Waals surface area contributed by atoms with Gasteiger partial charge in [-0.3, -0.25) is 19.6 Å². The van der Waals surface area contributed by atoms with E-state index in [4.69, 9.17) is 0 Å². The van der Waals surface area contributed by atoms with Crippen molar-refractivity contribution < 1.29 is 9.59 Å². The van der Waals surface area contributed by atoms with E-state index in [1.807, 2.05) is 52.2 Å². The first kappa shape index (κ1) is 29.4. The van der Waals surface area contributed by atoms with E-state index in [-0.39, 0.29) is 23.4 Å². The Balaban J connectivity index is 0.00000466. The lowest BCUT2D eigenvalue weighted by Gasteiger charge is -2.32. The van der Waals surface area contributed by atoms with Gasteiger partial charge in [0.15, 0.2) is 0 Å². The number of amides is 2. The number of piperidine rings is 1. The lowest BCUT2D eigenvalue weighted by Crippen LogP contribution is -2.47. The Morgan fingerprint density at radius 3 is 2.56 bits per heavy atom. The second kappa shape index (κ2) is 18.0. The van der Waals surface area contributed by atoms with Crippen LogP contribution in [0.2, 0.25) is 0 Å². The van der Waals surface area contributed by atoms with Crippen molar-refractivity contribution in [3.05, 3.63) is 48.6 Å². The first-order chi connectivity index (χ1) is 15.5.